The van der Waals surface area contributed by atoms with Crippen molar-refractivity contribution in [1.29, 1.82) is 0 Å². The summed E-state index contributed by atoms with van der Waals surface area (Å²) >= 11 is 0. The Morgan fingerprint density at radius 1 is 1.13 bits per heavy atom. The Balaban J connectivity index is 1.40. The van der Waals surface area contributed by atoms with E-state index in [0.717, 1.165) is 0 Å². The first-order chi connectivity index (χ1) is 24.7. The van der Waals surface area contributed by atoms with Gasteiger partial charge in [-0.3, -0.25) is 19.2 Å². The lowest BCUT2D eigenvalue weighted by atomic mass is 9.72. The van der Waals surface area contributed by atoms with Gasteiger partial charge in [-0.05, 0) is 25.8 Å². The third-order valence-electron chi connectivity index (χ3n) is 10.2. The Hall–Kier alpha value is -4.59. The highest BCUT2D eigenvalue weighted by atomic mass is 16.7. The fourth-order valence-corrected chi connectivity index (χ4v) is 7.57. The lowest BCUT2D eigenvalue weighted by Gasteiger charge is -2.46. The van der Waals surface area contributed by atoms with Crippen molar-refractivity contribution in [3.63, 3.8) is 0 Å². The Bertz CT molecular complexity index is 1840. The molecular weight excluding hydrogens is 680 g/mol. The second-order valence-electron chi connectivity index (χ2n) is 14.0. The van der Waals surface area contributed by atoms with Crippen LogP contribution in [0.1, 0.15) is 89.6 Å². The molecule has 2 aromatic carbocycles. The summed E-state index contributed by atoms with van der Waals surface area (Å²) in [4.78, 5) is 59.0. The molecule has 0 amide bonds. The Kier molecular flexibility index (Phi) is 10.3. The van der Waals surface area contributed by atoms with Gasteiger partial charge in [-0.1, -0.05) is 26.0 Å². The fraction of sp³-hybridized carbons (Fsp3) is 0.541. The number of morpholine rings is 1. The van der Waals surface area contributed by atoms with E-state index < -0.39 is 101 Å². The third kappa shape index (κ3) is 6.50. The first-order valence-corrected chi connectivity index (χ1v) is 17.2. The molecule has 7 atom stereocenters. The van der Waals surface area contributed by atoms with Crippen LogP contribution in [0.2, 0.25) is 0 Å². The van der Waals surface area contributed by atoms with Crippen LogP contribution in [0.15, 0.2) is 18.2 Å². The van der Waals surface area contributed by atoms with Crippen LogP contribution in [-0.2, 0) is 34.9 Å². The lowest BCUT2D eigenvalue weighted by molar-refractivity contribution is -0.263. The highest BCUT2D eigenvalue weighted by molar-refractivity contribution is 6.31. The van der Waals surface area contributed by atoms with Gasteiger partial charge < -0.3 is 43.7 Å². The minimum absolute atomic E-state index is 0.0164. The molecule has 52 heavy (non-hydrogen) atoms. The molecule has 2 saturated heterocycles. The van der Waals surface area contributed by atoms with E-state index in [9.17, 15) is 34.5 Å². The van der Waals surface area contributed by atoms with Crippen molar-refractivity contribution in [2.45, 2.75) is 89.4 Å². The monoisotopic (exact) mass is 722 g/mol. The molecule has 15 heteroatoms. The first-order valence-electron chi connectivity index (χ1n) is 17.2. The smallest absolute Gasteiger partial charge is 0.507 e. The predicted molar refractivity (Wildman–Crippen MR) is 179 cm³/mol. The molecule has 0 radical (unpaired) electrons. The van der Waals surface area contributed by atoms with Crippen molar-refractivity contribution >= 4 is 23.5 Å². The quantitative estimate of drug-likeness (QED) is 0.174. The number of ether oxygens (including phenoxy) is 6. The highest BCUT2D eigenvalue weighted by Crippen LogP contribution is 2.52. The van der Waals surface area contributed by atoms with E-state index in [0.29, 0.717) is 13.2 Å². The van der Waals surface area contributed by atoms with Gasteiger partial charge in [0.1, 0.15) is 35.6 Å². The maximum absolute atomic E-state index is 14.0. The molecule has 2 aliphatic carbocycles. The van der Waals surface area contributed by atoms with Gasteiger partial charge in [0.15, 0.2) is 17.9 Å². The summed E-state index contributed by atoms with van der Waals surface area (Å²) in [6.45, 7) is 15.3. The van der Waals surface area contributed by atoms with Crippen LogP contribution in [0, 0.1) is 12.5 Å². The Labute approximate surface area is 300 Å². The molecule has 278 valence electrons. The van der Waals surface area contributed by atoms with Crippen LogP contribution in [0.5, 0.6) is 17.2 Å². The van der Waals surface area contributed by atoms with Crippen molar-refractivity contribution in [3.8, 4) is 17.2 Å². The minimum Gasteiger partial charge on any atom is -0.507 e. The molecule has 2 aromatic rings. The van der Waals surface area contributed by atoms with Gasteiger partial charge in [0, 0.05) is 42.5 Å². The normalized spacial score (nSPS) is 28.7. The SMILES string of the molecule is [C-]#[N+]C1COCCN1C1C[C@H](O[C@H]2C[C@](O)(C(C)=O)Cc3c(O)c4c(c(O)c32)C(=O)c2c(OC)cccc2C4=O)O[C@@H](C)C1OC(=O)OCC(C)C. The van der Waals surface area contributed by atoms with Gasteiger partial charge in [-0.15, -0.1) is 0 Å². The first kappa shape index (κ1) is 37.2. The summed E-state index contributed by atoms with van der Waals surface area (Å²) in [6, 6.07) is 3.77. The van der Waals surface area contributed by atoms with E-state index in [1.807, 2.05) is 18.7 Å². The second kappa shape index (κ2) is 14.4. The number of carbonyl (C=O) groups is 4. The number of aliphatic hydroxyl groups is 1. The van der Waals surface area contributed by atoms with E-state index in [-0.39, 0.29) is 53.6 Å². The Morgan fingerprint density at radius 2 is 1.87 bits per heavy atom. The number of phenols is 2. The van der Waals surface area contributed by atoms with Gasteiger partial charge in [0.2, 0.25) is 5.78 Å². The molecule has 6 rings (SSSR count). The van der Waals surface area contributed by atoms with Crippen LogP contribution in [0.3, 0.4) is 0 Å². The van der Waals surface area contributed by atoms with E-state index in [4.69, 9.17) is 35.0 Å². The molecule has 0 spiro atoms. The summed E-state index contributed by atoms with van der Waals surface area (Å²) < 4.78 is 34.6. The largest absolute Gasteiger partial charge is 0.508 e. The molecule has 2 heterocycles. The van der Waals surface area contributed by atoms with E-state index in [1.54, 1.807) is 6.92 Å². The maximum Gasteiger partial charge on any atom is 0.508 e. The standard InChI is InChI=1S/C37H42N2O13/c1-17(2)15-49-36(45)52-35-18(3)50-26(12-22(35)39-10-11-48-16-25(39)38-5)51-24-14-37(46,19(4)40)13-21-28(24)34(44)30-29(32(21)42)31(41)20-8-7-9-23(47-6)27(20)33(30)43/h7-9,17-18,22,24-26,35,42,44,46H,10-16H2,1-4,6H3/t18-,22?,24-,25?,26-,35?,37-/m0/s1. The van der Waals surface area contributed by atoms with E-state index in [1.165, 1.54) is 32.2 Å². The Morgan fingerprint density at radius 3 is 2.54 bits per heavy atom. The number of rotatable bonds is 8. The number of ketones is 3. The van der Waals surface area contributed by atoms with Crippen molar-refractivity contribution in [2.75, 3.05) is 33.5 Å². The van der Waals surface area contributed by atoms with Crippen molar-refractivity contribution in [1.82, 2.24) is 4.90 Å². The van der Waals surface area contributed by atoms with Gasteiger partial charge in [-0.25, -0.2) is 16.3 Å². The number of aromatic hydroxyl groups is 2. The maximum atomic E-state index is 14.0. The summed E-state index contributed by atoms with van der Waals surface area (Å²) in [5.74, 6) is -3.34. The molecule has 2 fully saturated rings. The molecule has 0 saturated carbocycles. The molecule has 3 N–H and O–H groups in total. The molecular formula is C37H42N2O13. The van der Waals surface area contributed by atoms with Crippen LogP contribution in [0.25, 0.3) is 4.85 Å². The molecule has 4 aliphatic rings. The van der Waals surface area contributed by atoms with E-state index >= 15 is 0 Å². The zero-order chi connectivity index (χ0) is 37.6. The number of methoxy groups -OCH3 is 1. The number of benzene rings is 2. The molecule has 2 aliphatic heterocycles. The average Bonchev–Trinajstić information content (AvgIpc) is 3.11. The number of phenolic OH excluding ortho intramolecular Hbond substituents is 2. The van der Waals surface area contributed by atoms with Crippen molar-refractivity contribution < 1.29 is 62.9 Å². The fourth-order valence-electron chi connectivity index (χ4n) is 7.57. The molecule has 0 bridgehead atoms. The minimum atomic E-state index is -2.09. The predicted octanol–water partition coefficient (Wildman–Crippen LogP) is 3.46. The molecule has 15 nitrogen and oxygen atoms in total. The molecule has 0 aromatic heterocycles. The number of hydrogen-bond acceptors (Lipinski definition) is 14. The van der Waals surface area contributed by atoms with Gasteiger partial charge in [0.25, 0.3) is 0 Å². The number of hydrogen-bond donors (Lipinski definition) is 3. The van der Waals surface area contributed by atoms with E-state index in [2.05, 4.69) is 4.85 Å². The number of carbonyl (C=O) groups excluding carboxylic acids is 4. The zero-order valence-corrected chi connectivity index (χ0v) is 29.5. The number of fused-ring (bicyclic) bond motifs is 3. The van der Waals surface area contributed by atoms with Crippen molar-refractivity contribution in [3.05, 3.63) is 63.0 Å². The summed E-state index contributed by atoms with van der Waals surface area (Å²) in [6.07, 6.45) is -6.68. The van der Waals surface area contributed by atoms with Crippen LogP contribution >= 0.6 is 0 Å². The second-order valence-corrected chi connectivity index (χ2v) is 14.0. The summed E-state index contributed by atoms with van der Waals surface area (Å²) in [7, 11) is 1.33. The number of Topliss-reactive ketones (excluding diaryl/α,β-unsaturated/α-hetero) is 1. The van der Waals surface area contributed by atoms with Crippen LogP contribution in [-0.4, -0.2) is 114 Å². The topological polar surface area (TPSA) is 192 Å². The van der Waals surface area contributed by atoms with Crippen LogP contribution in [0.4, 0.5) is 4.79 Å². The van der Waals surface area contributed by atoms with Gasteiger partial charge >= 0.3 is 12.3 Å². The highest BCUT2D eigenvalue weighted by Gasteiger charge is 2.51. The average molecular weight is 723 g/mol. The van der Waals surface area contributed by atoms with Crippen molar-refractivity contribution in [2.24, 2.45) is 5.92 Å². The summed E-state index contributed by atoms with van der Waals surface area (Å²) in [5.41, 5.74) is -3.36. The summed E-state index contributed by atoms with van der Waals surface area (Å²) in [5, 5.41) is 35.1. The lowest BCUT2D eigenvalue weighted by Crippen LogP contribution is -2.61. The molecule has 3 unspecified atom stereocenters. The zero-order valence-electron chi connectivity index (χ0n) is 29.5. The van der Waals surface area contributed by atoms with Gasteiger partial charge in [-0.2, -0.15) is 0 Å². The number of nitrogens with zero attached hydrogens (tertiary/aromatic N) is 2. The van der Waals surface area contributed by atoms with Crippen LogP contribution < -0.4 is 4.74 Å². The van der Waals surface area contributed by atoms with Gasteiger partial charge in [0.05, 0.1) is 55.3 Å². The third-order valence-corrected chi connectivity index (χ3v) is 10.2.